The zero-order valence-electron chi connectivity index (χ0n) is 13.8. The van der Waals surface area contributed by atoms with Crippen LogP contribution in [0.1, 0.15) is 38.2 Å². The molecule has 0 aliphatic heterocycles. The maximum atomic E-state index is 11.0. The second-order valence-electron chi connectivity index (χ2n) is 5.54. The number of primary amides is 1. The smallest absolute Gasteiger partial charge is 0.312 e. The van der Waals surface area contributed by atoms with E-state index in [2.05, 4.69) is 23.7 Å². The highest BCUT2D eigenvalue weighted by Crippen LogP contribution is 2.37. The number of nitrogens with two attached hydrogens (primary N) is 1. The Bertz CT molecular complexity index is 726. The Morgan fingerprint density at radius 2 is 1.96 bits per heavy atom. The molecule has 0 unspecified atom stereocenters. The number of halogens is 2. The fourth-order valence-electron chi connectivity index (χ4n) is 2.31. The average Bonchev–Trinajstić information content (AvgIpc) is 2.81. The van der Waals surface area contributed by atoms with Crippen LogP contribution < -0.4 is 11.1 Å². The monoisotopic (exact) mass is 386 g/mol. The largest absolute Gasteiger partial charge is 0.352 e. The van der Waals surface area contributed by atoms with Crippen molar-refractivity contribution in [3.8, 4) is 0 Å². The summed E-state index contributed by atoms with van der Waals surface area (Å²) in [4.78, 5) is 16.6. The highest BCUT2D eigenvalue weighted by Gasteiger charge is 2.20. The first kappa shape index (κ1) is 19.0. The molecule has 0 atom stereocenters. The Kier molecular flexibility index (Phi) is 6.43. The van der Waals surface area contributed by atoms with Crippen molar-refractivity contribution >= 4 is 41.0 Å². The van der Waals surface area contributed by atoms with Crippen LogP contribution in [0.25, 0.3) is 0 Å². The fourth-order valence-corrected chi connectivity index (χ4v) is 4.29. The van der Waals surface area contributed by atoms with E-state index in [0.717, 1.165) is 28.0 Å². The second kappa shape index (κ2) is 8.14. The Balaban J connectivity index is 2.43. The fraction of sp³-hybridized carbons (Fsp3) is 0.375. The van der Waals surface area contributed by atoms with Gasteiger partial charge in [-0.25, -0.2) is 9.78 Å². The first-order valence-electron chi connectivity index (χ1n) is 7.58. The van der Waals surface area contributed by atoms with E-state index < -0.39 is 6.03 Å². The molecule has 5 nitrogen and oxygen atoms in total. The van der Waals surface area contributed by atoms with E-state index in [1.54, 1.807) is 17.8 Å². The van der Waals surface area contributed by atoms with Crippen LogP contribution in [0.5, 0.6) is 0 Å². The zero-order valence-corrected chi connectivity index (χ0v) is 16.1. The Morgan fingerprint density at radius 3 is 2.46 bits per heavy atom. The minimum Gasteiger partial charge on any atom is -0.352 e. The van der Waals surface area contributed by atoms with Crippen LogP contribution in [0, 0.1) is 0 Å². The summed E-state index contributed by atoms with van der Waals surface area (Å²) in [6, 6.07) is 4.88. The van der Waals surface area contributed by atoms with Gasteiger partial charge in [0.1, 0.15) is 10.9 Å². The van der Waals surface area contributed by atoms with Gasteiger partial charge in [-0.15, -0.1) is 0 Å². The van der Waals surface area contributed by atoms with E-state index in [1.807, 2.05) is 19.1 Å². The number of urea groups is 1. The first-order chi connectivity index (χ1) is 11.3. The summed E-state index contributed by atoms with van der Waals surface area (Å²) < 4.78 is 2.07. The number of hydrogen-bond acceptors (Lipinski definition) is 3. The SMILES string of the molecule is CCn1c(CNC(N)=O)nc(C(C)C)c1Sc1cc(Cl)cc(Cl)c1. The van der Waals surface area contributed by atoms with Crippen LogP contribution in [0.3, 0.4) is 0 Å². The van der Waals surface area contributed by atoms with Crippen LogP contribution in [-0.2, 0) is 13.1 Å². The van der Waals surface area contributed by atoms with Crippen molar-refractivity contribution in [3.05, 3.63) is 39.8 Å². The number of carbonyl (C=O) groups excluding carboxylic acids is 1. The Morgan fingerprint density at radius 1 is 1.33 bits per heavy atom. The molecule has 1 heterocycles. The lowest BCUT2D eigenvalue weighted by molar-refractivity contribution is 0.248. The molecule has 0 fully saturated rings. The van der Waals surface area contributed by atoms with E-state index in [9.17, 15) is 4.79 Å². The molecule has 0 spiro atoms. The predicted molar refractivity (Wildman–Crippen MR) is 99.0 cm³/mol. The number of nitrogens with one attached hydrogen (secondary N) is 1. The van der Waals surface area contributed by atoms with E-state index in [-0.39, 0.29) is 5.92 Å². The molecule has 0 saturated heterocycles. The van der Waals surface area contributed by atoms with E-state index in [1.165, 1.54) is 0 Å². The maximum Gasteiger partial charge on any atom is 0.312 e. The van der Waals surface area contributed by atoms with Gasteiger partial charge in [0.05, 0.1) is 12.2 Å². The Hall–Kier alpha value is -1.37. The number of hydrogen-bond donors (Lipinski definition) is 2. The molecule has 8 heteroatoms. The molecule has 130 valence electrons. The molecule has 2 amide bonds. The number of nitrogens with zero attached hydrogens (tertiary/aromatic N) is 2. The third-order valence-corrected chi connectivity index (χ3v) is 4.89. The summed E-state index contributed by atoms with van der Waals surface area (Å²) in [5.74, 6) is 1.01. The third-order valence-electron chi connectivity index (χ3n) is 3.36. The van der Waals surface area contributed by atoms with Gasteiger partial charge in [0.15, 0.2) is 0 Å². The van der Waals surface area contributed by atoms with Crippen molar-refractivity contribution in [2.45, 2.75) is 49.7 Å². The summed E-state index contributed by atoms with van der Waals surface area (Å²) in [6.45, 7) is 7.23. The highest BCUT2D eigenvalue weighted by atomic mass is 35.5. The van der Waals surface area contributed by atoms with Crippen LogP contribution in [0.4, 0.5) is 4.79 Å². The standard InChI is InChI=1S/C16H20Cl2N4OS/c1-4-22-13(8-20-16(19)23)21-14(9(2)3)15(22)24-12-6-10(17)5-11(18)7-12/h5-7,9H,4,8H2,1-3H3,(H3,19,20,23). The molecule has 0 aliphatic rings. The van der Waals surface area contributed by atoms with E-state index in [0.29, 0.717) is 16.6 Å². The molecule has 1 aromatic carbocycles. The van der Waals surface area contributed by atoms with Crippen molar-refractivity contribution in [1.82, 2.24) is 14.9 Å². The summed E-state index contributed by atoms with van der Waals surface area (Å²) in [5.41, 5.74) is 6.14. The summed E-state index contributed by atoms with van der Waals surface area (Å²) in [6.07, 6.45) is 0. The van der Waals surface area contributed by atoms with Crippen LogP contribution >= 0.6 is 35.0 Å². The number of rotatable bonds is 6. The molecule has 1 aromatic heterocycles. The van der Waals surface area contributed by atoms with Crippen LogP contribution in [0.2, 0.25) is 10.0 Å². The zero-order chi connectivity index (χ0) is 17.9. The molecular formula is C16H20Cl2N4OS. The van der Waals surface area contributed by atoms with Crippen molar-refractivity contribution < 1.29 is 4.79 Å². The molecular weight excluding hydrogens is 367 g/mol. The van der Waals surface area contributed by atoms with Gasteiger partial charge in [0, 0.05) is 21.5 Å². The van der Waals surface area contributed by atoms with Gasteiger partial charge in [0.2, 0.25) is 0 Å². The highest BCUT2D eigenvalue weighted by molar-refractivity contribution is 7.99. The number of aromatic nitrogens is 2. The Labute approximate surface area is 155 Å². The van der Waals surface area contributed by atoms with Crippen LogP contribution in [-0.4, -0.2) is 15.6 Å². The summed E-state index contributed by atoms with van der Waals surface area (Å²) in [7, 11) is 0. The van der Waals surface area contributed by atoms with Gasteiger partial charge in [-0.3, -0.25) is 0 Å². The quantitative estimate of drug-likeness (QED) is 0.758. The molecule has 2 rings (SSSR count). The maximum absolute atomic E-state index is 11.0. The molecule has 0 radical (unpaired) electrons. The number of carbonyl (C=O) groups is 1. The lowest BCUT2D eigenvalue weighted by atomic mass is 10.1. The average molecular weight is 387 g/mol. The normalized spacial score (nSPS) is 11.1. The van der Waals surface area contributed by atoms with Gasteiger partial charge in [0.25, 0.3) is 0 Å². The van der Waals surface area contributed by atoms with E-state index >= 15 is 0 Å². The minimum absolute atomic E-state index is 0.238. The summed E-state index contributed by atoms with van der Waals surface area (Å²) in [5, 5.41) is 4.81. The van der Waals surface area contributed by atoms with E-state index in [4.69, 9.17) is 33.9 Å². The van der Waals surface area contributed by atoms with Gasteiger partial charge < -0.3 is 15.6 Å². The number of imidazole rings is 1. The topological polar surface area (TPSA) is 72.9 Å². The van der Waals surface area contributed by atoms with Gasteiger partial charge in [-0.05, 0) is 31.0 Å². The van der Waals surface area contributed by atoms with Crippen molar-refractivity contribution in [2.75, 3.05) is 0 Å². The van der Waals surface area contributed by atoms with Gasteiger partial charge in [-0.2, -0.15) is 0 Å². The molecule has 3 N–H and O–H groups in total. The van der Waals surface area contributed by atoms with Gasteiger partial charge >= 0.3 is 6.03 Å². The minimum atomic E-state index is -0.567. The van der Waals surface area contributed by atoms with Crippen molar-refractivity contribution in [1.29, 1.82) is 0 Å². The third kappa shape index (κ3) is 4.59. The molecule has 24 heavy (non-hydrogen) atoms. The number of benzene rings is 1. The predicted octanol–water partition coefficient (Wildman–Crippen LogP) is 4.65. The number of amides is 2. The molecule has 0 bridgehead atoms. The molecule has 0 aliphatic carbocycles. The first-order valence-corrected chi connectivity index (χ1v) is 9.15. The van der Waals surface area contributed by atoms with Crippen molar-refractivity contribution in [2.24, 2.45) is 5.73 Å². The van der Waals surface area contributed by atoms with Crippen molar-refractivity contribution in [3.63, 3.8) is 0 Å². The lowest BCUT2D eigenvalue weighted by Gasteiger charge is -2.12. The van der Waals surface area contributed by atoms with Gasteiger partial charge in [-0.1, -0.05) is 48.8 Å². The molecule has 2 aromatic rings. The second-order valence-corrected chi connectivity index (χ2v) is 7.48. The van der Waals surface area contributed by atoms with Crippen LogP contribution in [0.15, 0.2) is 28.1 Å². The molecule has 0 saturated carbocycles. The summed E-state index contributed by atoms with van der Waals surface area (Å²) >= 11 is 13.8. The lowest BCUT2D eigenvalue weighted by Crippen LogP contribution is -2.29.